The lowest BCUT2D eigenvalue weighted by molar-refractivity contribution is -0.141. The van der Waals surface area contributed by atoms with E-state index in [9.17, 15) is 17.6 Å². The molecule has 0 spiro atoms. The quantitative estimate of drug-likeness (QED) is 0.648. The molecule has 0 unspecified atom stereocenters. The molecule has 2 aromatic heterocycles. The molecule has 142 valence electrons. The Labute approximate surface area is 151 Å². The maximum Gasteiger partial charge on any atom is 0.433 e. The summed E-state index contributed by atoms with van der Waals surface area (Å²) in [5, 5.41) is 4.73. The van der Waals surface area contributed by atoms with E-state index in [0.717, 1.165) is 17.8 Å². The Morgan fingerprint density at radius 3 is 2.74 bits per heavy atom. The summed E-state index contributed by atoms with van der Waals surface area (Å²) >= 11 is 0. The third-order valence-electron chi connectivity index (χ3n) is 4.66. The standard InChI is InChI=1S/C17H15F4N5O/c1-25(8-13-12-3-2-10(18)4-14(12)27-24-13)11-6-26(7-11)16-5-15(17(19,20)21)22-9-23-16/h2-5,9,11H,6-8H2,1H3. The van der Waals surface area contributed by atoms with Gasteiger partial charge in [0.25, 0.3) is 0 Å². The summed E-state index contributed by atoms with van der Waals surface area (Å²) in [5.74, 6) is -0.138. The average molecular weight is 381 g/mol. The van der Waals surface area contributed by atoms with Gasteiger partial charge in [-0.15, -0.1) is 0 Å². The largest absolute Gasteiger partial charge is 0.433 e. The van der Waals surface area contributed by atoms with Gasteiger partial charge < -0.3 is 9.42 Å². The Balaban J connectivity index is 1.40. The lowest BCUT2D eigenvalue weighted by Gasteiger charge is -2.44. The number of hydrogen-bond acceptors (Lipinski definition) is 6. The van der Waals surface area contributed by atoms with E-state index in [-0.39, 0.29) is 11.9 Å². The van der Waals surface area contributed by atoms with Crippen molar-refractivity contribution >= 4 is 16.8 Å². The van der Waals surface area contributed by atoms with Crippen LogP contribution in [0.3, 0.4) is 0 Å². The van der Waals surface area contributed by atoms with Crippen molar-refractivity contribution in [1.82, 2.24) is 20.0 Å². The molecule has 0 atom stereocenters. The average Bonchev–Trinajstić information content (AvgIpc) is 2.95. The molecule has 27 heavy (non-hydrogen) atoms. The van der Waals surface area contributed by atoms with Crippen molar-refractivity contribution in [2.45, 2.75) is 18.8 Å². The van der Waals surface area contributed by atoms with Crippen LogP contribution in [-0.2, 0) is 12.7 Å². The molecule has 0 bridgehead atoms. The van der Waals surface area contributed by atoms with Gasteiger partial charge in [0, 0.05) is 43.2 Å². The van der Waals surface area contributed by atoms with Crippen LogP contribution in [0.5, 0.6) is 0 Å². The minimum absolute atomic E-state index is 0.126. The summed E-state index contributed by atoms with van der Waals surface area (Å²) in [4.78, 5) is 11.0. The molecule has 1 aromatic carbocycles. The van der Waals surface area contributed by atoms with Crippen LogP contribution < -0.4 is 4.90 Å². The summed E-state index contributed by atoms with van der Waals surface area (Å²) < 4.78 is 56.7. The molecular formula is C17H15F4N5O. The zero-order chi connectivity index (χ0) is 19.2. The molecule has 0 N–H and O–H groups in total. The number of nitrogens with zero attached hydrogens (tertiary/aromatic N) is 5. The highest BCUT2D eigenvalue weighted by molar-refractivity contribution is 5.79. The number of anilines is 1. The second-order valence-electron chi connectivity index (χ2n) is 6.50. The van der Waals surface area contributed by atoms with E-state index < -0.39 is 17.7 Å². The van der Waals surface area contributed by atoms with Gasteiger partial charge >= 0.3 is 6.18 Å². The predicted octanol–water partition coefficient (Wildman–Crippen LogP) is 3.10. The SMILES string of the molecule is CN(Cc1noc2cc(F)ccc12)C1CN(c2cc(C(F)(F)F)ncn2)C1. The zero-order valence-electron chi connectivity index (χ0n) is 14.2. The zero-order valence-corrected chi connectivity index (χ0v) is 14.2. The van der Waals surface area contributed by atoms with Crippen LogP contribution >= 0.6 is 0 Å². The van der Waals surface area contributed by atoms with Gasteiger partial charge in [0.2, 0.25) is 0 Å². The van der Waals surface area contributed by atoms with Gasteiger partial charge in [-0.05, 0) is 19.2 Å². The predicted molar refractivity (Wildman–Crippen MR) is 88.5 cm³/mol. The highest BCUT2D eigenvalue weighted by Crippen LogP contribution is 2.31. The minimum Gasteiger partial charge on any atom is -0.356 e. The lowest BCUT2D eigenvalue weighted by atomic mass is 10.1. The first-order valence-electron chi connectivity index (χ1n) is 8.19. The first-order chi connectivity index (χ1) is 12.8. The third kappa shape index (κ3) is 3.44. The second-order valence-corrected chi connectivity index (χ2v) is 6.50. The van der Waals surface area contributed by atoms with E-state index in [1.807, 2.05) is 11.9 Å². The van der Waals surface area contributed by atoms with Crippen molar-refractivity contribution in [1.29, 1.82) is 0 Å². The Hall–Kier alpha value is -2.75. The van der Waals surface area contributed by atoms with Gasteiger partial charge in [-0.25, -0.2) is 14.4 Å². The van der Waals surface area contributed by atoms with Crippen molar-refractivity contribution in [3.05, 3.63) is 47.8 Å². The molecule has 1 saturated heterocycles. The summed E-state index contributed by atoms with van der Waals surface area (Å²) in [6.45, 7) is 1.55. The maximum atomic E-state index is 13.2. The van der Waals surface area contributed by atoms with Gasteiger partial charge in [-0.1, -0.05) is 5.16 Å². The van der Waals surface area contributed by atoms with Crippen molar-refractivity contribution in [3.8, 4) is 0 Å². The number of rotatable bonds is 4. The molecule has 0 saturated carbocycles. The van der Waals surface area contributed by atoms with Crippen LogP contribution in [0.1, 0.15) is 11.4 Å². The molecule has 4 rings (SSSR count). The molecule has 3 aromatic rings. The Kier molecular flexibility index (Phi) is 4.22. The van der Waals surface area contributed by atoms with Gasteiger partial charge in [-0.2, -0.15) is 13.2 Å². The van der Waals surface area contributed by atoms with E-state index in [1.165, 1.54) is 12.1 Å². The molecule has 0 amide bonds. The Bertz CT molecular complexity index is 967. The maximum absolute atomic E-state index is 13.2. The van der Waals surface area contributed by atoms with Crippen molar-refractivity contribution in [2.75, 3.05) is 25.0 Å². The number of alkyl halides is 3. The molecule has 1 fully saturated rings. The van der Waals surface area contributed by atoms with E-state index >= 15 is 0 Å². The molecule has 1 aliphatic rings. The topological polar surface area (TPSA) is 58.3 Å². The van der Waals surface area contributed by atoms with Gasteiger partial charge in [0.15, 0.2) is 5.58 Å². The van der Waals surface area contributed by atoms with Crippen LogP contribution in [0.4, 0.5) is 23.4 Å². The fourth-order valence-corrected chi connectivity index (χ4v) is 3.04. The molecular weight excluding hydrogens is 366 g/mol. The monoisotopic (exact) mass is 381 g/mol. The summed E-state index contributed by atoms with van der Waals surface area (Å²) in [5.41, 5.74) is 0.118. The first kappa shape index (κ1) is 17.7. The van der Waals surface area contributed by atoms with Gasteiger partial charge in [0.1, 0.15) is 29.4 Å². The number of halogens is 4. The summed E-state index contributed by atoms with van der Waals surface area (Å²) in [6, 6.07) is 5.33. The van der Waals surface area contributed by atoms with Crippen LogP contribution in [0.15, 0.2) is 35.1 Å². The fraction of sp³-hybridized carbons (Fsp3) is 0.353. The van der Waals surface area contributed by atoms with E-state index in [0.29, 0.717) is 30.9 Å². The highest BCUT2D eigenvalue weighted by Gasteiger charge is 2.36. The van der Waals surface area contributed by atoms with Crippen molar-refractivity contribution in [2.24, 2.45) is 0 Å². The normalized spacial score (nSPS) is 15.6. The van der Waals surface area contributed by atoms with Gasteiger partial charge in [0.05, 0.1) is 0 Å². The fourth-order valence-electron chi connectivity index (χ4n) is 3.04. The summed E-state index contributed by atoms with van der Waals surface area (Å²) in [6.07, 6.45) is -3.57. The minimum atomic E-state index is -4.49. The van der Waals surface area contributed by atoms with Crippen LogP contribution in [0.25, 0.3) is 11.0 Å². The van der Waals surface area contributed by atoms with E-state index in [4.69, 9.17) is 4.52 Å². The smallest absolute Gasteiger partial charge is 0.356 e. The molecule has 0 aliphatic carbocycles. The Morgan fingerprint density at radius 1 is 1.22 bits per heavy atom. The number of aromatic nitrogens is 3. The third-order valence-corrected chi connectivity index (χ3v) is 4.66. The number of hydrogen-bond donors (Lipinski definition) is 0. The number of likely N-dealkylation sites (N-methyl/N-ethyl adjacent to an activating group) is 1. The molecule has 6 nitrogen and oxygen atoms in total. The van der Waals surface area contributed by atoms with Gasteiger partial charge in [-0.3, -0.25) is 4.90 Å². The molecule has 3 heterocycles. The van der Waals surface area contributed by atoms with Crippen LogP contribution in [-0.4, -0.2) is 46.2 Å². The lowest BCUT2D eigenvalue weighted by Crippen LogP contribution is -2.58. The highest BCUT2D eigenvalue weighted by atomic mass is 19.4. The van der Waals surface area contributed by atoms with Crippen molar-refractivity contribution < 1.29 is 22.1 Å². The first-order valence-corrected chi connectivity index (χ1v) is 8.19. The second kappa shape index (κ2) is 6.45. The van der Waals surface area contributed by atoms with Crippen LogP contribution in [0, 0.1) is 5.82 Å². The molecule has 0 radical (unpaired) electrons. The van der Waals surface area contributed by atoms with Crippen LogP contribution in [0.2, 0.25) is 0 Å². The van der Waals surface area contributed by atoms with E-state index in [2.05, 4.69) is 15.1 Å². The Morgan fingerprint density at radius 2 is 2.00 bits per heavy atom. The molecule has 10 heteroatoms. The number of fused-ring (bicyclic) bond motifs is 1. The number of benzene rings is 1. The summed E-state index contributed by atoms with van der Waals surface area (Å²) in [7, 11) is 1.90. The molecule has 1 aliphatic heterocycles. The van der Waals surface area contributed by atoms with E-state index in [1.54, 1.807) is 11.0 Å². The van der Waals surface area contributed by atoms with Crippen molar-refractivity contribution in [3.63, 3.8) is 0 Å².